The van der Waals surface area contributed by atoms with Gasteiger partial charge in [-0.1, -0.05) is 28.1 Å². The Morgan fingerprint density at radius 2 is 1.93 bits per heavy atom. The molecule has 0 spiro atoms. The number of nitrogens with zero attached hydrogens (tertiary/aromatic N) is 3. The number of hydrogen-bond acceptors (Lipinski definition) is 6. The van der Waals surface area contributed by atoms with E-state index in [1.807, 2.05) is 62.2 Å². The molecule has 2 amide bonds. The summed E-state index contributed by atoms with van der Waals surface area (Å²) >= 11 is 3.47. The Bertz CT molecular complexity index is 1350. The first kappa shape index (κ1) is 31.8. The molecule has 42 heavy (non-hydrogen) atoms. The summed E-state index contributed by atoms with van der Waals surface area (Å²) in [7, 11) is 3.34. The van der Waals surface area contributed by atoms with E-state index in [0.29, 0.717) is 32.0 Å². The Labute approximate surface area is 257 Å². The summed E-state index contributed by atoms with van der Waals surface area (Å²) in [4.78, 5) is 32.8. The maximum atomic E-state index is 13.7. The second-order valence-corrected chi connectivity index (χ2v) is 12.8. The van der Waals surface area contributed by atoms with Gasteiger partial charge in [0.2, 0.25) is 11.8 Å². The van der Waals surface area contributed by atoms with Gasteiger partial charge in [0.25, 0.3) is 0 Å². The number of likely N-dealkylation sites (tertiary alicyclic amines) is 1. The zero-order chi connectivity index (χ0) is 30.3. The molecule has 228 valence electrons. The van der Waals surface area contributed by atoms with Gasteiger partial charge in [-0.15, -0.1) is 0 Å². The topological polar surface area (TPSA) is 94.9 Å². The van der Waals surface area contributed by atoms with Crippen LogP contribution in [0.3, 0.4) is 0 Å². The molecule has 2 unspecified atom stereocenters. The monoisotopic (exact) mass is 642 g/mol. The van der Waals surface area contributed by atoms with Crippen molar-refractivity contribution in [3.05, 3.63) is 58.3 Å². The van der Waals surface area contributed by atoms with Crippen LogP contribution >= 0.6 is 15.9 Å². The van der Waals surface area contributed by atoms with E-state index < -0.39 is 17.7 Å². The van der Waals surface area contributed by atoms with Crippen LogP contribution in [0.15, 0.2) is 47.1 Å². The molecule has 10 heteroatoms. The van der Waals surface area contributed by atoms with Crippen molar-refractivity contribution in [1.29, 1.82) is 0 Å². The highest BCUT2D eigenvalue weighted by atomic mass is 79.9. The largest absolute Gasteiger partial charge is 0.481 e. The van der Waals surface area contributed by atoms with Crippen LogP contribution in [0.4, 0.5) is 4.79 Å². The molecule has 4 rings (SSSR count). The van der Waals surface area contributed by atoms with Gasteiger partial charge in [-0.2, -0.15) is 0 Å². The summed E-state index contributed by atoms with van der Waals surface area (Å²) in [6.45, 7) is 8.29. The summed E-state index contributed by atoms with van der Waals surface area (Å²) in [5.74, 6) is 0.797. The minimum Gasteiger partial charge on any atom is -0.481 e. The molecule has 3 aromatic rings. The van der Waals surface area contributed by atoms with Crippen molar-refractivity contribution >= 4 is 38.8 Å². The number of aryl methyl sites for hydroxylation is 1. The number of hydrogen-bond donors (Lipinski definition) is 1. The first-order chi connectivity index (χ1) is 20.1. The number of pyridine rings is 1. The summed E-state index contributed by atoms with van der Waals surface area (Å²) in [6.07, 6.45) is 4.84. The third-order valence-electron chi connectivity index (χ3n) is 7.46. The predicted octanol–water partition coefficient (Wildman–Crippen LogP) is 6.08. The van der Waals surface area contributed by atoms with Gasteiger partial charge in [0.15, 0.2) is 0 Å². The van der Waals surface area contributed by atoms with Crippen molar-refractivity contribution in [2.45, 2.75) is 77.0 Å². The average molecular weight is 644 g/mol. The molecular formula is C32H43BrN4O5. The number of carbonyl (C=O) groups excluding carboxylic acids is 2. The lowest BCUT2D eigenvalue weighted by Gasteiger charge is -2.34. The summed E-state index contributed by atoms with van der Waals surface area (Å²) in [6, 6.07) is 11.7. The number of piperidine rings is 1. The van der Waals surface area contributed by atoms with Crippen LogP contribution in [0.2, 0.25) is 0 Å². The van der Waals surface area contributed by atoms with Crippen LogP contribution in [-0.4, -0.2) is 72.0 Å². The minimum atomic E-state index is -0.627. The number of amides is 2. The molecule has 0 bridgehead atoms. The molecule has 1 fully saturated rings. The normalized spacial score (nSPS) is 16.3. The third-order valence-corrected chi connectivity index (χ3v) is 7.99. The molecule has 2 atom stereocenters. The van der Waals surface area contributed by atoms with Crippen molar-refractivity contribution in [3.8, 4) is 5.88 Å². The maximum absolute atomic E-state index is 13.7. The zero-order valence-corrected chi connectivity index (χ0v) is 26.9. The highest BCUT2D eigenvalue weighted by Crippen LogP contribution is 2.33. The van der Waals surface area contributed by atoms with Crippen LogP contribution in [0.1, 0.15) is 63.6 Å². The molecular weight excluding hydrogens is 600 g/mol. The Kier molecular flexibility index (Phi) is 10.9. The second kappa shape index (κ2) is 14.4. The number of halogens is 1. The van der Waals surface area contributed by atoms with E-state index in [-0.39, 0.29) is 18.2 Å². The predicted molar refractivity (Wildman–Crippen MR) is 167 cm³/mol. The second-order valence-electron chi connectivity index (χ2n) is 11.9. The Morgan fingerprint density at radius 3 is 2.62 bits per heavy atom. The van der Waals surface area contributed by atoms with Crippen LogP contribution in [-0.2, 0) is 27.2 Å². The number of ether oxygens (including phenoxy) is 3. The molecule has 1 aromatic carbocycles. The smallest absolute Gasteiger partial charge is 0.407 e. The number of rotatable bonds is 11. The van der Waals surface area contributed by atoms with Gasteiger partial charge < -0.3 is 29.0 Å². The number of methoxy groups -OCH3 is 2. The maximum Gasteiger partial charge on any atom is 0.407 e. The summed E-state index contributed by atoms with van der Waals surface area (Å²) in [5.41, 5.74) is 2.69. The lowest BCUT2D eigenvalue weighted by molar-refractivity contribution is -0.132. The lowest BCUT2D eigenvalue weighted by atomic mass is 9.93. The van der Waals surface area contributed by atoms with Crippen molar-refractivity contribution in [1.82, 2.24) is 19.8 Å². The molecule has 0 radical (unpaired) electrons. The lowest BCUT2D eigenvalue weighted by Crippen LogP contribution is -2.46. The SMILES string of the molecule is COCCCn1c(C2CCCN(C(=O)CC(Cc3ccc(Br)cc3)NC(=O)OC(C)(C)C)C2)cc2cnc(OC)cc21. The molecule has 3 heterocycles. The van der Waals surface area contributed by atoms with E-state index in [9.17, 15) is 9.59 Å². The van der Waals surface area contributed by atoms with Gasteiger partial charge in [0.1, 0.15) is 5.60 Å². The van der Waals surface area contributed by atoms with Crippen LogP contribution < -0.4 is 10.1 Å². The third kappa shape index (κ3) is 8.70. The summed E-state index contributed by atoms with van der Waals surface area (Å²) < 4.78 is 19.6. The highest BCUT2D eigenvalue weighted by Gasteiger charge is 2.30. The quantitative estimate of drug-likeness (QED) is 0.255. The van der Waals surface area contributed by atoms with Crippen molar-refractivity contribution in [3.63, 3.8) is 0 Å². The van der Waals surface area contributed by atoms with Crippen molar-refractivity contribution in [2.24, 2.45) is 0 Å². The van der Waals surface area contributed by atoms with Gasteiger partial charge in [-0.25, -0.2) is 9.78 Å². The fourth-order valence-electron chi connectivity index (χ4n) is 5.56. The number of aromatic nitrogens is 2. The zero-order valence-electron chi connectivity index (χ0n) is 25.3. The highest BCUT2D eigenvalue weighted by molar-refractivity contribution is 9.10. The van der Waals surface area contributed by atoms with Gasteiger partial charge in [0, 0.05) is 79.5 Å². The van der Waals surface area contributed by atoms with Crippen LogP contribution in [0.25, 0.3) is 10.9 Å². The fourth-order valence-corrected chi connectivity index (χ4v) is 5.83. The molecule has 1 saturated heterocycles. The van der Waals surface area contributed by atoms with Crippen LogP contribution in [0.5, 0.6) is 5.88 Å². The van der Waals surface area contributed by atoms with Gasteiger partial charge in [0.05, 0.1) is 12.6 Å². The Balaban J connectivity index is 1.52. The van der Waals surface area contributed by atoms with Gasteiger partial charge >= 0.3 is 6.09 Å². The number of carbonyl (C=O) groups is 2. The molecule has 0 aliphatic carbocycles. The van der Waals surface area contributed by atoms with Gasteiger partial charge in [-0.05, 0) is 70.2 Å². The van der Waals surface area contributed by atoms with E-state index in [2.05, 4.69) is 36.9 Å². The summed E-state index contributed by atoms with van der Waals surface area (Å²) in [5, 5.41) is 4.02. The number of benzene rings is 1. The van der Waals surface area contributed by atoms with E-state index in [1.165, 1.54) is 5.69 Å². The van der Waals surface area contributed by atoms with E-state index >= 15 is 0 Å². The van der Waals surface area contributed by atoms with E-state index in [4.69, 9.17) is 14.2 Å². The molecule has 0 saturated carbocycles. The standard InChI is InChI=1S/C32H43BrN4O5/c1-32(2,3)42-31(39)35-26(16-22-9-11-25(33)12-10-22)18-30(38)36-13-6-8-23(21-36)27-17-24-20-34-29(41-5)19-28(24)37(27)14-7-15-40-4/h9-12,17,19-20,23,26H,6-8,13-16,18,21H2,1-5H3,(H,35,39). The molecule has 1 N–H and O–H groups in total. The van der Waals surface area contributed by atoms with Crippen molar-refractivity contribution in [2.75, 3.05) is 33.9 Å². The van der Waals surface area contributed by atoms with Gasteiger partial charge in [-0.3, -0.25) is 4.79 Å². The molecule has 2 aromatic heterocycles. The van der Waals surface area contributed by atoms with E-state index in [1.54, 1.807) is 14.2 Å². The molecule has 9 nitrogen and oxygen atoms in total. The number of fused-ring (bicyclic) bond motifs is 1. The number of alkyl carbamates (subject to hydrolysis) is 1. The molecule has 1 aliphatic rings. The first-order valence-corrected chi connectivity index (χ1v) is 15.4. The average Bonchev–Trinajstić information content (AvgIpc) is 3.31. The Hall–Kier alpha value is -3.11. The fraction of sp³-hybridized carbons (Fsp3) is 0.531. The number of nitrogens with one attached hydrogen (secondary N) is 1. The first-order valence-electron chi connectivity index (χ1n) is 14.6. The van der Waals surface area contributed by atoms with Crippen molar-refractivity contribution < 1.29 is 23.8 Å². The molecule has 1 aliphatic heterocycles. The minimum absolute atomic E-state index is 0.0308. The Morgan fingerprint density at radius 1 is 1.17 bits per heavy atom. The van der Waals surface area contributed by atoms with Crippen LogP contribution in [0, 0.1) is 0 Å². The van der Waals surface area contributed by atoms with E-state index in [0.717, 1.165) is 46.7 Å².